The number of amides is 4. The maximum Gasteiger partial charge on any atom is 0.408 e. The van der Waals surface area contributed by atoms with E-state index in [4.69, 9.17) is 10.5 Å². The minimum Gasteiger partial charge on any atom is -0.444 e. The molecule has 3 aromatic rings. The highest BCUT2D eigenvalue weighted by molar-refractivity contribution is 6.00. The van der Waals surface area contributed by atoms with Gasteiger partial charge in [0.15, 0.2) is 0 Å². The SMILES string of the molecule is Cc1cccc(C(C(=O)Nc2ccc3ccccc3c2)N(C(=O)C(CCC(N)=O)NC(=O)OC(C)(C)C)C(C)C)c1. The molecule has 4 N–H and O–H groups in total. The van der Waals surface area contributed by atoms with E-state index in [1.807, 2.05) is 67.6 Å². The molecule has 2 atom stereocenters. The maximum atomic E-state index is 14.2. The van der Waals surface area contributed by atoms with Crippen LogP contribution >= 0.6 is 0 Å². The molecule has 9 heteroatoms. The fourth-order valence-corrected chi connectivity index (χ4v) is 4.61. The van der Waals surface area contributed by atoms with Gasteiger partial charge < -0.3 is 26.0 Å². The van der Waals surface area contributed by atoms with E-state index in [1.165, 1.54) is 4.90 Å². The lowest BCUT2D eigenvalue weighted by Gasteiger charge is -2.37. The number of carbonyl (C=O) groups excluding carboxylic acids is 4. The van der Waals surface area contributed by atoms with Gasteiger partial charge in [-0.1, -0.05) is 60.2 Å². The van der Waals surface area contributed by atoms with Crippen molar-refractivity contribution in [3.8, 4) is 0 Å². The quantitative estimate of drug-likeness (QED) is 0.313. The molecule has 0 aliphatic rings. The number of nitrogens with one attached hydrogen (secondary N) is 2. The van der Waals surface area contributed by atoms with Crippen LogP contribution < -0.4 is 16.4 Å². The van der Waals surface area contributed by atoms with Gasteiger partial charge in [0.25, 0.3) is 5.91 Å². The Labute approximate surface area is 241 Å². The first kappa shape index (κ1) is 31.1. The zero-order chi connectivity index (χ0) is 30.3. The van der Waals surface area contributed by atoms with E-state index < -0.39 is 47.5 Å². The average molecular weight is 561 g/mol. The number of benzene rings is 3. The van der Waals surface area contributed by atoms with Crippen molar-refractivity contribution in [3.63, 3.8) is 0 Å². The standard InChI is InChI=1S/C32H40N4O5/c1-20(2)36(30(39)26(16-17-27(33)37)35-31(40)41-32(4,5)6)28(24-13-9-10-21(3)18-24)29(38)34-25-15-14-22-11-7-8-12-23(22)19-25/h7-15,18-20,26,28H,16-17H2,1-6H3,(H2,33,37)(H,34,38)(H,35,40). The number of fused-ring (bicyclic) bond motifs is 1. The summed E-state index contributed by atoms with van der Waals surface area (Å²) in [5.74, 6) is -1.57. The van der Waals surface area contributed by atoms with E-state index in [1.54, 1.807) is 40.7 Å². The van der Waals surface area contributed by atoms with Gasteiger partial charge in [-0.3, -0.25) is 14.4 Å². The Bertz CT molecular complexity index is 1410. The van der Waals surface area contributed by atoms with E-state index in [0.717, 1.165) is 16.3 Å². The van der Waals surface area contributed by atoms with Crippen LogP contribution in [0.1, 0.15) is 64.6 Å². The number of nitrogens with two attached hydrogens (primary N) is 1. The molecule has 0 bridgehead atoms. The molecule has 0 aromatic heterocycles. The van der Waals surface area contributed by atoms with Crippen molar-refractivity contribution < 1.29 is 23.9 Å². The summed E-state index contributed by atoms with van der Waals surface area (Å²) in [7, 11) is 0. The Balaban J connectivity index is 2.02. The molecule has 0 spiro atoms. The van der Waals surface area contributed by atoms with Gasteiger partial charge in [-0.05, 0) is 76.4 Å². The van der Waals surface area contributed by atoms with Crippen molar-refractivity contribution >= 4 is 40.3 Å². The third kappa shape index (κ3) is 8.79. The normalized spacial score (nSPS) is 12.9. The van der Waals surface area contributed by atoms with Crippen LogP contribution in [-0.2, 0) is 19.1 Å². The van der Waals surface area contributed by atoms with Crippen molar-refractivity contribution in [3.05, 3.63) is 77.9 Å². The molecule has 0 radical (unpaired) electrons. The average Bonchev–Trinajstić information content (AvgIpc) is 2.87. The number of ether oxygens (including phenoxy) is 1. The largest absolute Gasteiger partial charge is 0.444 e. The molecule has 218 valence electrons. The Kier molecular flexibility index (Phi) is 10.1. The number of carbonyl (C=O) groups is 4. The van der Waals surface area contributed by atoms with E-state index in [9.17, 15) is 19.2 Å². The lowest BCUT2D eigenvalue weighted by Crippen LogP contribution is -2.54. The second-order valence-electron chi connectivity index (χ2n) is 11.4. The van der Waals surface area contributed by atoms with Gasteiger partial charge in [0.2, 0.25) is 11.8 Å². The predicted molar refractivity (Wildman–Crippen MR) is 160 cm³/mol. The van der Waals surface area contributed by atoms with Crippen LogP contribution in [0.5, 0.6) is 0 Å². The number of hydrogen-bond donors (Lipinski definition) is 3. The Morgan fingerprint density at radius 3 is 2.22 bits per heavy atom. The molecule has 9 nitrogen and oxygen atoms in total. The number of anilines is 1. The smallest absolute Gasteiger partial charge is 0.408 e. The Morgan fingerprint density at radius 2 is 1.61 bits per heavy atom. The number of primary amides is 1. The van der Waals surface area contributed by atoms with Crippen LogP contribution in [0.2, 0.25) is 0 Å². The molecule has 0 heterocycles. The lowest BCUT2D eigenvalue weighted by atomic mass is 9.98. The number of hydrogen-bond acceptors (Lipinski definition) is 5. The number of alkyl carbamates (subject to hydrolysis) is 1. The van der Waals surface area contributed by atoms with E-state index in [0.29, 0.717) is 11.3 Å². The molecule has 0 aliphatic carbocycles. The number of rotatable bonds is 10. The molecule has 0 fully saturated rings. The minimum atomic E-state index is -1.15. The van der Waals surface area contributed by atoms with Crippen LogP contribution in [0.3, 0.4) is 0 Å². The van der Waals surface area contributed by atoms with Gasteiger partial charge in [-0.2, -0.15) is 0 Å². The fraction of sp³-hybridized carbons (Fsp3) is 0.375. The van der Waals surface area contributed by atoms with Crippen LogP contribution in [0, 0.1) is 6.92 Å². The van der Waals surface area contributed by atoms with Gasteiger partial charge in [0.1, 0.15) is 17.7 Å². The van der Waals surface area contributed by atoms with Gasteiger partial charge >= 0.3 is 6.09 Å². The zero-order valence-electron chi connectivity index (χ0n) is 24.6. The van der Waals surface area contributed by atoms with Crippen molar-refractivity contribution in [2.24, 2.45) is 5.73 Å². The molecule has 4 amide bonds. The monoisotopic (exact) mass is 560 g/mol. The molecular weight excluding hydrogens is 520 g/mol. The van der Waals surface area contributed by atoms with Crippen LogP contribution in [0.4, 0.5) is 10.5 Å². The third-order valence-corrected chi connectivity index (χ3v) is 6.38. The van der Waals surface area contributed by atoms with Gasteiger partial charge in [0, 0.05) is 18.2 Å². The number of aryl methyl sites for hydroxylation is 1. The van der Waals surface area contributed by atoms with E-state index in [2.05, 4.69) is 10.6 Å². The summed E-state index contributed by atoms with van der Waals surface area (Å²) < 4.78 is 5.37. The molecule has 0 saturated carbocycles. The third-order valence-electron chi connectivity index (χ3n) is 6.38. The molecule has 0 aliphatic heterocycles. The maximum absolute atomic E-state index is 14.2. The first-order valence-electron chi connectivity index (χ1n) is 13.7. The second-order valence-corrected chi connectivity index (χ2v) is 11.4. The molecule has 2 unspecified atom stereocenters. The molecule has 41 heavy (non-hydrogen) atoms. The molecule has 3 aromatic carbocycles. The molecule has 3 rings (SSSR count). The first-order chi connectivity index (χ1) is 19.2. The predicted octanol–water partition coefficient (Wildman–Crippen LogP) is 5.22. The van der Waals surface area contributed by atoms with Crippen molar-refractivity contribution in [2.45, 2.75) is 78.1 Å². The number of nitrogens with zero attached hydrogens (tertiary/aromatic N) is 1. The molecular formula is C32H40N4O5. The molecule has 0 saturated heterocycles. The summed E-state index contributed by atoms with van der Waals surface area (Å²) in [4.78, 5) is 53.9. The first-order valence-corrected chi connectivity index (χ1v) is 13.7. The van der Waals surface area contributed by atoms with Crippen molar-refractivity contribution in [1.29, 1.82) is 0 Å². The Morgan fingerprint density at radius 1 is 0.927 bits per heavy atom. The highest BCUT2D eigenvalue weighted by atomic mass is 16.6. The van der Waals surface area contributed by atoms with Crippen molar-refractivity contribution in [1.82, 2.24) is 10.2 Å². The summed E-state index contributed by atoms with van der Waals surface area (Å²) in [5, 5.41) is 7.58. The van der Waals surface area contributed by atoms with Crippen molar-refractivity contribution in [2.75, 3.05) is 5.32 Å². The van der Waals surface area contributed by atoms with Crippen LogP contribution in [-0.4, -0.2) is 46.4 Å². The van der Waals surface area contributed by atoms with E-state index in [-0.39, 0.29) is 12.8 Å². The van der Waals surface area contributed by atoms with Crippen LogP contribution in [0.15, 0.2) is 66.7 Å². The topological polar surface area (TPSA) is 131 Å². The fourth-order valence-electron chi connectivity index (χ4n) is 4.61. The summed E-state index contributed by atoms with van der Waals surface area (Å²) in [6.07, 6.45) is -1.00. The highest BCUT2D eigenvalue weighted by Gasteiger charge is 2.38. The van der Waals surface area contributed by atoms with E-state index >= 15 is 0 Å². The zero-order valence-corrected chi connectivity index (χ0v) is 24.6. The highest BCUT2D eigenvalue weighted by Crippen LogP contribution is 2.28. The minimum absolute atomic E-state index is 0.0521. The summed E-state index contributed by atoms with van der Waals surface area (Å²) >= 11 is 0. The Hall–Kier alpha value is -4.40. The lowest BCUT2D eigenvalue weighted by molar-refractivity contribution is -0.143. The summed E-state index contributed by atoms with van der Waals surface area (Å²) in [6.45, 7) is 10.6. The van der Waals surface area contributed by atoms with Gasteiger partial charge in [-0.15, -0.1) is 0 Å². The van der Waals surface area contributed by atoms with Crippen LogP contribution in [0.25, 0.3) is 10.8 Å². The van der Waals surface area contributed by atoms with Gasteiger partial charge in [-0.25, -0.2) is 4.79 Å². The van der Waals surface area contributed by atoms with Gasteiger partial charge in [0.05, 0.1) is 0 Å². The second kappa shape index (κ2) is 13.3. The summed E-state index contributed by atoms with van der Waals surface area (Å²) in [6, 6.07) is 18.2. The summed E-state index contributed by atoms with van der Waals surface area (Å²) in [5.41, 5.74) is 6.68.